The summed E-state index contributed by atoms with van der Waals surface area (Å²) in [5.74, 6) is 0. The maximum Gasteiger partial charge on any atom is 0.328 e. The average Bonchev–Trinajstić information content (AvgIpc) is 2.67. The molecule has 0 spiro atoms. The number of benzene rings is 1. The van der Waals surface area contributed by atoms with Crippen LogP contribution in [-0.2, 0) is 10.0 Å². The fraction of sp³-hybridized carbons (Fsp3) is 0.500. The van der Waals surface area contributed by atoms with Gasteiger partial charge < -0.3 is 11.1 Å². The summed E-state index contributed by atoms with van der Waals surface area (Å²) in [5, 5.41) is 2.74. The van der Waals surface area contributed by atoms with Crippen LogP contribution in [0.3, 0.4) is 0 Å². The zero-order valence-corrected chi connectivity index (χ0v) is 12.7. The number of carbonyl (C=O) groups is 1. The van der Waals surface area contributed by atoms with E-state index in [1.54, 1.807) is 0 Å². The van der Waals surface area contributed by atoms with E-state index in [9.17, 15) is 13.2 Å². The Morgan fingerprint density at radius 2 is 1.62 bits per heavy atom. The van der Waals surface area contributed by atoms with Gasteiger partial charge in [0.1, 0.15) is 0 Å². The SMILES string of the molecule is Nc1ccc(S(=O)(=O)NC(=O)NC2CCCCCC2)cc1. The Kier molecular flexibility index (Phi) is 5.06. The smallest absolute Gasteiger partial charge is 0.328 e. The van der Waals surface area contributed by atoms with E-state index < -0.39 is 16.1 Å². The molecule has 6 nitrogen and oxygen atoms in total. The summed E-state index contributed by atoms with van der Waals surface area (Å²) in [7, 11) is -3.85. The van der Waals surface area contributed by atoms with E-state index in [4.69, 9.17) is 5.73 Å². The lowest BCUT2D eigenvalue weighted by Gasteiger charge is -2.16. The molecule has 2 amide bonds. The second kappa shape index (κ2) is 6.80. The number of hydrogen-bond acceptors (Lipinski definition) is 4. The fourth-order valence-corrected chi connectivity index (χ4v) is 3.38. The topological polar surface area (TPSA) is 101 Å². The van der Waals surface area contributed by atoms with Crippen molar-refractivity contribution in [3.05, 3.63) is 24.3 Å². The number of carbonyl (C=O) groups excluding carboxylic acids is 1. The molecular weight excluding hydrogens is 290 g/mol. The van der Waals surface area contributed by atoms with Crippen LogP contribution in [0.2, 0.25) is 0 Å². The molecule has 1 aliphatic carbocycles. The number of amides is 2. The van der Waals surface area contributed by atoms with Gasteiger partial charge in [-0.2, -0.15) is 0 Å². The molecule has 1 aromatic carbocycles. The van der Waals surface area contributed by atoms with Gasteiger partial charge >= 0.3 is 6.03 Å². The number of rotatable bonds is 3. The minimum atomic E-state index is -3.85. The lowest BCUT2D eigenvalue weighted by atomic mass is 10.1. The predicted molar refractivity (Wildman–Crippen MR) is 81.2 cm³/mol. The first-order chi connectivity index (χ1) is 9.97. The zero-order chi connectivity index (χ0) is 15.3. The van der Waals surface area contributed by atoms with Crippen molar-refractivity contribution in [2.24, 2.45) is 0 Å². The summed E-state index contributed by atoms with van der Waals surface area (Å²) in [5.41, 5.74) is 5.98. The van der Waals surface area contributed by atoms with Crippen molar-refractivity contribution >= 4 is 21.7 Å². The standard InChI is InChI=1S/C14H21N3O3S/c15-11-7-9-13(10-8-11)21(19,20)17-14(18)16-12-5-3-1-2-4-6-12/h7-10,12H,1-6,15H2,(H2,16,17,18). The fourth-order valence-electron chi connectivity index (χ4n) is 2.47. The van der Waals surface area contributed by atoms with Crippen LogP contribution >= 0.6 is 0 Å². The van der Waals surface area contributed by atoms with Crippen molar-refractivity contribution in [3.8, 4) is 0 Å². The lowest BCUT2D eigenvalue weighted by Crippen LogP contribution is -2.44. The summed E-state index contributed by atoms with van der Waals surface area (Å²) in [6.07, 6.45) is 6.27. The Bertz CT molecular complexity index is 576. The molecule has 0 atom stereocenters. The van der Waals surface area contributed by atoms with Crippen molar-refractivity contribution in [2.45, 2.75) is 49.5 Å². The van der Waals surface area contributed by atoms with Gasteiger partial charge in [0, 0.05) is 11.7 Å². The van der Waals surface area contributed by atoms with Crippen molar-refractivity contribution in [2.75, 3.05) is 5.73 Å². The molecule has 0 aliphatic heterocycles. The molecule has 1 aliphatic rings. The molecule has 0 unspecified atom stereocenters. The highest BCUT2D eigenvalue weighted by molar-refractivity contribution is 7.90. The van der Waals surface area contributed by atoms with E-state index >= 15 is 0 Å². The quantitative estimate of drug-likeness (QED) is 0.587. The first-order valence-corrected chi connectivity index (χ1v) is 8.64. The van der Waals surface area contributed by atoms with Crippen LogP contribution in [0.25, 0.3) is 0 Å². The molecule has 0 saturated heterocycles. The average molecular weight is 311 g/mol. The third-order valence-corrected chi connectivity index (χ3v) is 4.95. The Labute approximate surface area is 125 Å². The molecule has 2 rings (SSSR count). The summed E-state index contributed by atoms with van der Waals surface area (Å²) in [6, 6.07) is 5.09. The van der Waals surface area contributed by atoms with Crippen LogP contribution in [0.4, 0.5) is 10.5 Å². The maximum atomic E-state index is 12.1. The van der Waals surface area contributed by atoms with Gasteiger partial charge in [-0.15, -0.1) is 0 Å². The highest BCUT2D eigenvalue weighted by Gasteiger charge is 2.20. The number of sulfonamides is 1. The lowest BCUT2D eigenvalue weighted by molar-refractivity contribution is 0.240. The van der Waals surface area contributed by atoms with Crippen molar-refractivity contribution in [1.29, 1.82) is 0 Å². The normalized spacial score (nSPS) is 17.0. The molecule has 0 bridgehead atoms. The van der Waals surface area contributed by atoms with E-state index in [-0.39, 0.29) is 10.9 Å². The summed E-state index contributed by atoms with van der Waals surface area (Å²) in [6.45, 7) is 0. The summed E-state index contributed by atoms with van der Waals surface area (Å²) >= 11 is 0. The Morgan fingerprint density at radius 3 is 2.19 bits per heavy atom. The molecule has 7 heteroatoms. The molecule has 1 aromatic rings. The van der Waals surface area contributed by atoms with Gasteiger partial charge in [-0.3, -0.25) is 0 Å². The van der Waals surface area contributed by atoms with E-state index in [1.165, 1.54) is 37.1 Å². The minimum absolute atomic E-state index is 0.0210. The van der Waals surface area contributed by atoms with Gasteiger partial charge in [0.2, 0.25) is 0 Å². The minimum Gasteiger partial charge on any atom is -0.399 e. The largest absolute Gasteiger partial charge is 0.399 e. The molecule has 1 saturated carbocycles. The molecule has 21 heavy (non-hydrogen) atoms. The van der Waals surface area contributed by atoms with Crippen LogP contribution in [0.15, 0.2) is 29.2 Å². The Morgan fingerprint density at radius 1 is 1.05 bits per heavy atom. The second-order valence-corrected chi connectivity index (χ2v) is 7.02. The van der Waals surface area contributed by atoms with Gasteiger partial charge in [0.05, 0.1) is 4.90 Å². The van der Waals surface area contributed by atoms with E-state index in [2.05, 4.69) is 5.32 Å². The van der Waals surface area contributed by atoms with E-state index in [0.29, 0.717) is 5.69 Å². The first kappa shape index (κ1) is 15.6. The van der Waals surface area contributed by atoms with Crippen molar-refractivity contribution in [3.63, 3.8) is 0 Å². The zero-order valence-electron chi connectivity index (χ0n) is 11.8. The molecule has 0 aromatic heterocycles. The highest BCUT2D eigenvalue weighted by Crippen LogP contribution is 2.17. The third kappa shape index (κ3) is 4.63. The molecule has 0 heterocycles. The second-order valence-electron chi connectivity index (χ2n) is 5.34. The molecule has 4 N–H and O–H groups in total. The molecule has 0 radical (unpaired) electrons. The molecule has 1 fully saturated rings. The van der Waals surface area contributed by atoms with E-state index in [0.717, 1.165) is 25.7 Å². The number of hydrogen-bond donors (Lipinski definition) is 3. The monoisotopic (exact) mass is 311 g/mol. The van der Waals surface area contributed by atoms with Gasteiger partial charge in [-0.05, 0) is 37.1 Å². The van der Waals surface area contributed by atoms with Crippen LogP contribution < -0.4 is 15.8 Å². The summed E-state index contributed by atoms with van der Waals surface area (Å²) in [4.78, 5) is 11.9. The van der Waals surface area contributed by atoms with E-state index in [1.807, 2.05) is 4.72 Å². The van der Waals surface area contributed by atoms with Crippen molar-refractivity contribution in [1.82, 2.24) is 10.0 Å². The van der Waals surface area contributed by atoms with Gasteiger partial charge in [0.15, 0.2) is 0 Å². The number of anilines is 1. The van der Waals surface area contributed by atoms with Crippen LogP contribution in [0.5, 0.6) is 0 Å². The first-order valence-electron chi connectivity index (χ1n) is 7.16. The maximum absolute atomic E-state index is 12.1. The van der Waals surface area contributed by atoms with Gasteiger partial charge in [0.25, 0.3) is 10.0 Å². The third-order valence-electron chi connectivity index (χ3n) is 3.61. The number of nitrogens with one attached hydrogen (secondary N) is 2. The van der Waals surface area contributed by atoms with Crippen molar-refractivity contribution < 1.29 is 13.2 Å². The molecule has 116 valence electrons. The predicted octanol–water partition coefficient (Wildman–Crippen LogP) is 1.98. The van der Waals surface area contributed by atoms with Crippen LogP contribution in [-0.4, -0.2) is 20.5 Å². The Balaban J connectivity index is 1.96. The van der Waals surface area contributed by atoms with Crippen LogP contribution in [0, 0.1) is 0 Å². The number of nitrogens with two attached hydrogens (primary N) is 1. The Hall–Kier alpha value is -1.76. The summed E-state index contributed by atoms with van der Waals surface area (Å²) < 4.78 is 26.1. The molecular formula is C14H21N3O3S. The highest BCUT2D eigenvalue weighted by atomic mass is 32.2. The van der Waals surface area contributed by atoms with Crippen LogP contribution in [0.1, 0.15) is 38.5 Å². The number of urea groups is 1. The van der Waals surface area contributed by atoms with Gasteiger partial charge in [-0.1, -0.05) is 25.7 Å². The number of nitrogen functional groups attached to an aromatic ring is 1. The van der Waals surface area contributed by atoms with Gasteiger partial charge in [-0.25, -0.2) is 17.9 Å².